The number of hydrogen-bond acceptors (Lipinski definition) is 5. The molecule has 0 unspecified atom stereocenters. The predicted octanol–water partition coefficient (Wildman–Crippen LogP) is 12.0. The Bertz CT molecular complexity index is 3130. The van der Waals surface area contributed by atoms with Crippen molar-refractivity contribution in [3.05, 3.63) is 164 Å². The van der Waals surface area contributed by atoms with E-state index in [0.717, 1.165) is 60.5 Å². The fraction of sp³-hybridized carbons (Fsp3) is 0. The summed E-state index contributed by atoms with van der Waals surface area (Å²) in [5.41, 5.74) is 8.06. The average Bonchev–Trinajstić information content (AvgIpc) is 3.80. The fourth-order valence-electron chi connectivity index (χ4n) is 6.59. The summed E-state index contributed by atoms with van der Waals surface area (Å²) in [4.78, 5) is 14.6. The largest absolute Gasteiger partial charge is 0.456 e. The van der Waals surface area contributed by atoms with Crippen LogP contribution in [0.2, 0.25) is 0 Å². The van der Waals surface area contributed by atoms with Gasteiger partial charge in [0.05, 0.1) is 6.85 Å². The zero-order valence-corrected chi connectivity index (χ0v) is 26.4. The van der Waals surface area contributed by atoms with Gasteiger partial charge in [0, 0.05) is 43.8 Å². The van der Waals surface area contributed by atoms with Crippen molar-refractivity contribution in [1.29, 1.82) is 0 Å². The number of benzene rings is 7. The number of rotatable bonds is 5. The Hall–Kier alpha value is -6.85. The molecule has 0 N–H and O–H groups in total. The number of aromatic nitrogens is 3. The highest BCUT2D eigenvalue weighted by Gasteiger charge is 2.17. The third-order valence-electron chi connectivity index (χ3n) is 9.04. The molecule has 0 atom stereocenters. The zero-order valence-electron chi connectivity index (χ0n) is 31.4. The van der Waals surface area contributed by atoms with Gasteiger partial charge in [-0.15, -0.1) is 0 Å². The molecule has 0 spiro atoms. The highest BCUT2D eigenvalue weighted by Crippen LogP contribution is 2.39. The van der Waals surface area contributed by atoms with Gasteiger partial charge in [0.15, 0.2) is 17.5 Å². The molecule has 3 aromatic heterocycles. The average molecular weight is 647 g/mol. The fourth-order valence-corrected chi connectivity index (χ4v) is 6.59. The summed E-state index contributed by atoms with van der Waals surface area (Å²) in [5, 5.41) is 4.10. The lowest BCUT2D eigenvalue weighted by Crippen LogP contribution is -2.00. The van der Waals surface area contributed by atoms with Crippen LogP contribution in [0.1, 0.15) is 6.85 Å². The summed E-state index contributed by atoms with van der Waals surface area (Å²) in [7, 11) is 0. The summed E-state index contributed by atoms with van der Waals surface area (Å²) in [6.07, 6.45) is 0. The number of para-hydroxylation sites is 2. The molecule has 3 heterocycles. The minimum absolute atomic E-state index is 0.136. The maximum Gasteiger partial charge on any atom is 0.164 e. The van der Waals surface area contributed by atoms with Crippen LogP contribution in [0.15, 0.2) is 173 Å². The van der Waals surface area contributed by atoms with Crippen molar-refractivity contribution in [2.24, 2.45) is 0 Å². The van der Waals surface area contributed by atoms with Crippen LogP contribution in [0.3, 0.4) is 0 Å². The molecule has 5 heteroatoms. The Morgan fingerprint density at radius 1 is 0.380 bits per heavy atom. The van der Waals surface area contributed by atoms with Crippen LogP contribution in [0, 0.1) is 0 Å². The molecule has 0 amide bonds. The van der Waals surface area contributed by atoms with Crippen LogP contribution in [0.25, 0.3) is 100 Å². The molecular formula is C45H27N3O2. The Morgan fingerprint density at radius 3 is 1.82 bits per heavy atom. The smallest absolute Gasteiger partial charge is 0.164 e. The van der Waals surface area contributed by atoms with E-state index in [4.69, 9.17) is 30.6 Å². The molecule has 10 rings (SSSR count). The lowest BCUT2D eigenvalue weighted by atomic mass is 10.00. The molecule has 0 aliphatic carbocycles. The lowest BCUT2D eigenvalue weighted by molar-refractivity contribution is 0.668. The highest BCUT2D eigenvalue weighted by atomic mass is 16.3. The van der Waals surface area contributed by atoms with E-state index in [1.807, 2.05) is 72.8 Å². The molecule has 234 valence electrons. The Labute approximate surface area is 294 Å². The van der Waals surface area contributed by atoms with Crippen LogP contribution in [0.4, 0.5) is 0 Å². The minimum Gasteiger partial charge on any atom is -0.456 e. The van der Waals surface area contributed by atoms with Gasteiger partial charge in [0.2, 0.25) is 0 Å². The minimum atomic E-state index is -0.427. The van der Waals surface area contributed by atoms with Gasteiger partial charge in [-0.3, -0.25) is 0 Å². The number of fused-ring (bicyclic) bond motifs is 6. The van der Waals surface area contributed by atoms with Gasteiger partial charge >= 0.3 is 0 Å². The second kappa shape index (κ2) is 11.4. The van der Waals surface area contributed by atoms with Gasteiger partial charge in [0.1, 0.15) is 22.3 Å². The first-order valence-electron chi connectivity index (χ1n) is 18.7. The monoisotopic (exact) mass is 646 g/mol. The second-order valence-electron chi connectivity index (χ2n) is 12.1. The van der Waals surface area contributed by atoms with E-state index >= 15 is 0 Å². The predicted molar refractivity (Wildman–Crippen MR) is 202 cm³/mol. The van der Waals surface area contributed by atoms with Gasteiger partial charge < -0.3 is 8.83 Å². The highest BCUT2D eigenvalue weighted by molar-refractivity contribution is 6.11. The molecule has 0 saturated carbocycles. The zero-order chi connectivity index (χ0) is 37.4. The van der Waals surface area contributed by atoms with Crippen LogP contribution < -0.4 is 0 Å². The van der Waals surface area contributed by atoms with Crippen LogP contribution in [0.5, 0.6) is 0 Å². The molecule has 0 fully saturated rings. The van der Waals surface area contributed by atoms with Gasteiger partial charge in [-0.2, -0.15) is 0 Å². The van der Waals surface area contributed by atoms with E-state index in [2.05, 4.69) is 36.4 Å². The van der Waals surface area contributed by atoms with Gasteiger partial charge in [-0.25, -0.2) is 15.0 Å². The summed E-state index contributed by atoms with van der Waals surface area (Å²) < 4.78 is 53.7. The third kappa shape index (κ3) is 4.75. The molecular weight excluding hydrogens is 615 g/mol. The van der Waals surface area contributed by atoms with Crippen molar-refractivity contribution >= 4 is 43.9 Å². The number of hydrogen-bond donors (Lipinski definition) is 0. The first-order valence-corrected chi connectivity index (χ1v) is 16.2. The summed E-state index contributed by atoms with van der Waals surface area (Å²) in [5.74, 6) is 1.37. The topological polar surface area (TPSA) is 65.0 Å². The van der Waals surface area contributed by atoms with Crippen LogP contribution in [-0.2, 0) is 0 Å². The van der Waals surface area contributed by atoms with Crippen molar-refractivity contribution in [3.8, 4) is 56.4 Å². The van der Waals surface area contributed by atoms with Crippen molar-refractivity contribution in [2.75, 3.05) is 0 Å². The van der Waals surface area contributed by atoms with Gasteiger partial charge in [-0.1, -0.05) is 133 Å². The summed E-state index contributed by atoms with van der Waals surface area (Å²) >= 11 is 0. The SMILES string of the molecule is [2H]c1c([2H])c([2H])c(-c2ccc(-c3nc(-c4ccccc4)nc(-c4ccc5c(c4)oc4ccc(-c6cccc7c6oc6ccccc67)cc45)n3)cc2)c([2H])c1[2H]. The van der Waals surface area contributed by atoms with E-state index in [-0.39, 0.29) is 29.7 Å². The number of furan rings is 2. The molecule has 10 aromatic rings. The van der Waals surface area contributed by atoms with Crippen molar-refractivity contribution in [3.63, 3.8) is 0 Å². The first kappa shape index (κ1) is 23.5. The quantitative estimate of drug-likeness (QED) is 0.186. The summed E-state index contributed by atoms with van der Waals surface area (Å²) in [6.45, 7) is 0. The van der Waals surface area contributed by atoms with Crippen LogP contribution >= 0.6 is 0 Å². The maximum absolute atomic E-state index is 8.41. The van der Waals surface area contributed by atoms with Crippen molar-refractivity contribution < 1.29 is 15.7 Å². The Balaban J connectivity index is 1.06. The van der Waals surface area contributed by atoms with E-state index in [1.165, 1.54) is 0 Å². The Morgan fingerprint density at radius 2 is 1.00 bits per heavy atom. The number of nitrogens with zero attached hydrogens (tertiary/aromatic N) is 3. The van der Waals surface area contributed by atoms with E-state index < -0.39 is 6.04 Å². The van der Waals surface area contributed by atoms with E-state index in [0.29, 0.717) is 34.2 Å². The second-order valence-corrected chi connectivity index (χ2v) is 12.1. The molecule has 0 bridgehead atoms. The molecule has 5 nitrogen and oxygen atoms in total. The molecule has 0 aliphatic heterocycles. The third-order valence-corrected chi connectivity index (χ3v) is 9.04. The first-order chi connectivity index (χ1) is 26.8. The van der Waals surface area contributed by atoms with Crippen molar-refractivity contribution in [2.45, 2.75) is 0 Å². The molecule has 0 aliphatic rings. The van der Waals surface area contributed by atoms with Gasteiger partial charge in [-0.05, 0) is 47.0 Å². The molecule has 0 saturated heterocycles. The van der Waals surface area contributed by atoms with E-state index in [1.54, 1.807) is 24.3 Å². The molecule has 50 heavy (non-hydrogen) atoms. The van der Waals surface area contributed by atoms with Crippen molar-refractivity contribution in [1.82, 2.24) is 15.0 Å². The standard InChI is InChI=1S/C45H27N3O2/c1-3-10-28(11-4-1)29-18-20-31(21-19-29)44-46-43(30-12-5-2-6-13-30)47-45(48-44)33-22-24-36-38-26-32(23-25-40(38)49-41(36)27-33)34-15-9-16-37-35-14-7-8-17-39(35)50-42(34)37/h1-27H/i1D,3D,4D,10D,11D. The summed E-state index contributed by atoms with van der Waals surface area (Å²) in [6, 6.07) is 41.5. The molecule has 0 radical (unpaired) electrons. The normalized spacial score (nSPS) is 13.0. The molecule has 7 aromatic carbocycles. The van der Waals surface area contributed by atoms with E-state index in [9.17, 15) is 0 Å². The van der Waals surface area contributed by atoms with Crippen LogP contribution in [-0.4, -0.2) is 15.0 Å². The van der Waals surface area contributed by atoms with Gasteiger partial charge in [0.25, 0.3) is 0 Å². The lowest BCUT2D eigenvalue weighted by Gasteiger charge is -2.09. The Kier molecular flexibility index (Phi) is 5.35. The maximum atomic E-state index is 8.41.